The van der Waals surface area contributed by atoms with Crippen LogP contribution in [0.5, 0.6) is 0 Å². The van der Waals surface area contributed by atoms with E-state index >= 15 is 0 Å². The van der Waals surface area contributed by atoms with Crippen molar-refractivity contribution in [2.24, 2.45) is 0 Å². The number of anilines is 1. The number of nitrogens with zero attached hydrogens (tertiary/aromatic N) is 5. The molecule has 0 bridgehead atoms. The second kappa shape index (κ2) is 5.49. The predicted octanol–water partition coefficient (Wildman–Crippen LogP) is 0.914. The van der Waals surface area contributed by atoms with Crippen LogP contribution >= 0.6 is 11.8 Å². The highest BCUT2D eigenvalue weighted by Gasteiger charge is 2.14. The van der Waals surface area contributed by atoms with Gasteiger partial charge >= 0.3 is 5.97 Å². The highest BCUT2D eigenvalue weighted by molar-refractivity contribution is 7.99. The molecule has 0 amide bonds. The van der Waals surface area contributed by atoms with E-state index in [9.17, 15) is 4.79 Å². The maximum atomic E-state index is 10.8. The highest BCUT2D eigenvalue weighted by Crippen LogP contribution is 2.17. The molecule has 0 aliphatic carbocycles. The number of hydrogen-bond acceptors (Lipinski definition) is 6. The minimum absolute atomic E-state index is 0.0200. The smallest absolute Gasteiger partial charge is 0.356 e. The van der Waals surface area contributed by atoms with Crippen LogP contribution in [0.2, 0.25) is 0 Å². The van der Waals surface area contributed by atoms with Crippen LogP contribution in [0.4, 0.5) is 5.82 Å². The monoisotopic (exact) mass is 291 g/mol. The summed E-state index contributed by atoms with van der Waals surface area (Å²) >= 11 is 1.93. The quantitative estimate of drug-likeness (QED) is 0.899. The molecule has 3 heterocycles. The number of imidazole rings is 1. The lowest BCUT2D eigenvalue weighted by Gasteiger charge is -2.27. The first-order chi connectivity index (χ1) is 9.74. The largest absolute Gasteiger partial charge is 0.476 e. The Morgan fingerprint density at radius 2 is 2.10 bits per heavy atom. The first-order valence-electron chi connectivity index (χ1n) is 6.17. The van der Waals surface area contributed by atoms with Crippen LogP contribution in [0.25, 0.3) is 5.95 Å². The lowest BCUT2D eigenvalue weighted by atomic mass is 10.4. The van der Waals surface area contributed by atoms with Gasteiger partial charge in [-0.25, -0.2) is 14.8 Å². The van der Waals surface area contributed by atoms with E-state index in [4.69, 9.17) is 5.11 Å². The maximum absolute atomic E-state index is 10.8. The molecule has 2 aromatic rings. The summed E-state index contributed by atoms with van der Waals surface area (Å²) < 4.78 is 1.52. The van der Waals surface area contributed by atoms with Crippen LogP contribution in [0.3, 0.4) is 0 Å². The van der Waals surface area contributed by atoms with Crippen LogP contribution in [-0.4, -0.2) is 55.2 Å². The number of carboxylic acid groups (broad SMARTS) is 1. The van der Waals surface area contributed by atoms with E-state index in [1.54, 1.807) is 6.20 Å². The van der Waals surface area contributed by atoms with E-state index in [-0.39, 0.29) is 5.69 Å². The van der Waals surface area contributed by atoms with Crippen LogP contribution in [-0.2, 0) is 0 Å². The van der Waals surface area contributed by atoms with Gasteiger partial charge in [0.15, 0.2) is 5.69 Å². The summed E-state index contributed by atoms with van der Waals surface area (Å²) in [5.41, 5.74) is -0.0200. The molecular weight excluding hydrogens is 278 g/mol. The topological polar surface area (TPSA) is 84.1 Å². The minimum Gasteiger partial charge on any atom is -0.476 e. The molecule has 1 N–H and O–H groups in total. The zero-order valence-electron chi connectivity index (χ0n) is 10.6. The Morgan fingerprint density at radius 3 is 2.80 bits per heavy atom. The Bertz CT molecular complexity index is 624. The maximum Gasteiger partial charge on any atom is 0.356 e. The molecule has 20 heavy (non-hydrogen) atoms. The molecule has 104 valence electrons. The van der Waals surface area contributed by atoms with Crippen LogP contribution in [0.1, 0.15) is 10.5 Å². The number of carbonyl (C=O) groups is 1. The van der Waals surface area contributed by atoms with E-state index in [2.05, 4.69) is 19.9 Å². The molecule has 0 unspecified atom stereocenters. The number of aromatic nitrogens is 4. The molecule has 1 fully saturated rings. The van der Waals surface area contributed by atoms with Crippen molar-refractivity contribution >= 4 is 23.5 Å². The van der Waals surface area contributed by atoms with Crippen molar-refractivity contribution in [3.8, 4) is 5.95 Å². The fourth-order valence-electron chi connectivity index (χ4n) is 1.97. The molecule has 8 heteroatoms. The summed E-state index contributed by atoms with van der Waals surface area (Å²) in [4.78, 5) is 25.5. The fourth-order valence-corrected chi connectivity index (χ4v) is 2.88. The average molecular weight is 291 g/mol. The normalized spacial score (nSPS) is 15.3. The molecular formula is C12H13N5O2S. The first-order valence-corrected chi connectivity index (χ1v) is 7.33. The van der Waals surface area contributed by atoms with Crippen LogP contribution < -0.4 is 4.90 Å². The fraction of sp³-hybridized carbons (Fsp3) is 0.333. The standard InChI is InChI=1S/C12H13N5O2S/c18-11(19)9-7-17(8-14-9)12-13-2-1-10(15-12)16-3-5-20-6-4-16/h1-2,7-8H,3-6H2,(H,18,19). The summed E-state index contributed by atoms with van der Waals surface area (Å²) in [6, 6.07) is 1.87. The van der Waals surface area contributed by atoms with Gasteiger partial charge in [0.1, 0.15) is 12.1 Å². The van der Waals surface area contributed by atoms with E-state index in [1.165, 1.54) is 17.1 Å². The van der Waals surface area contributed by atoms with E-state index in [0.29, 0.717) is 5.95 Å². The Hall–Kier alpha value is -2.09. The molecule has 0 atom stereocenters. The van der Waals surface area contributed by atoms with Gasteiger partial charge in [-0.3, -0.25) is 4.57 Å². The van der Waals surface area contributed by atoms with E-state index in [1.807, 2.05) is 17.8 Å². The third-order valence-corrected chi connectivity index (χ3v) is 3.94. The van der Waals surface area contributed by atoms with Crippen molar-refractivity contribution < 1.29 is 9.90 Å². The van der Waals surface area contributed by atoms with Gasteiger partial charge in [-0.15, -0.1) is 0 Å². The van der Waals surface area contributed by atoms with Gasteiger partial charge in [-0.2, -0.15) is 16.7 Å². The third-order valence-electron chi connectivity index (χ3n) is 3.00. The van der Waals surface area contributed by atoms with Gasteiger partial charge in [-0.1, -0.05) is 0 Å². The molecule has 1 saturated heterocycles. The summed E-state index contributed by atoms with van der Waals surface area (Å²) in [6.45, 7) is 1.93. The number of hydrogen-bond donors (Lipinski definition) is 1. The number of carboxylic acids is 1. The summed E-state index contributed by atoms with van der Waals surface area (Å²) in [7, 11) is 0. The molecule has 3 rings (SSSR count). The van der Waals surface area contributed by atoms with Crippen molar-refractivity contribution in [2.45, 2.75) is 0 Å². The van der Waals surface area contributed by atoms with Gasteiger partial charge in [0, 0.05) is 37.0 Å². The van der Waals surface area contributed by atoms with Crippen molar-refractivity contribution in [3.63, 3.8) is 0 Å². The average Bonchev–Trinajstić information content (AvgIpc) is 2.98. The van der Waals surface area contributed by atoms with E-state index in [0.717, 1.165) is 30.4 Å². The summed E-state index contributed by atoms with van der Waals surface area (Å²) in [5, 5.41) is 8.88. The third kappa shape index (κ3) is 2.60. The SMILES string of the molecule is O=C(O)c1cn(-c2nccc(N3CCSCC3)n2)cn1. The first kappa shape index (κ1) is 12.9. The van der Waals surface area contributed by atoms with Gasteiger partial charge in [0.05, 0.1) is 0 Å². The summed E-state index contributed by atoms with van der Waals surface area (Å²) in [5.74, 6) is 2.41. The van der Waals surface area contributed by atoms with Gasteiger partial charge in [0.2, 0.25) is 5.95 Å². The van der Waals surface area contributed by atoms with Crippen molar-refractivity contribution in [3.05, 3.63) is 30.5 Å². The molecule has 0 spiro atoms. The Labute approximate surface area is 119 Å². The van der Waals surface area contributed by atoms with E-state index < -0.39 is 5.97 Å². The molecule has 0 radical (unpaired) electrons. The Morgan fingerprint density at radius 1 is 1.30 bits per heavy atom. The second-order valence-electron chi connectivity index (χ2n) is 4.29. The lowest BCUT2D eigenvalue weighted by Crippen LogP contribution is -2.33. The van der Waals surface area contributed by atoms with Crippen LogP contribution in [0, 0.1) is 0 Å². The summed E-state index contributed by atoms with van der Waals surface area (Å²) in [6.07, 6.45) is 4.50. The lowest BCUT2D eigenvalue weighted by molar-refractivity contribution is 0.0691. The highest BCUT2D eigenvalue weighted by atomic mass is 32.2. The minimum atomic E-state index is -1.06. The van der Waals surface area contributed by atoms with Gasteiger partial charge in [0.25, 0.3) is 0 Å². The zero-order valence-corrected chi connectivity index (χ0v) is 11.5. The Kier molecular flexibility index (Phi) is 3.55. The number of thioether (sulfide) groups is 1. The predicted molar refractivity (Wildman–Crippen MR) is 75.7 cm³/mol. The van der Waals surface area contributed by atoms with Crippen molar-refractivity contribution in [1.82, 2.24) is 19.5 Å². The second-order valence-corrected chi connectivity index (χ2v) is 5.51. The molecule has 1 aliphatic rings. The van der Waals surface area contributed by atoms with Gasteiger partial charge < -0.3 is 10.0 Å². The van der Waals surface area contributed by atoms with Crippen molar-refractivity contribution in [1.29, 1.82) is 0 Å². The van der Waals surface area contributed by atoms with Gasteiger partial charge in [-0.05, 0) is 6.07 Å². The van der Waals surface area contributed by atoms with Crippen molar-refractivity contribution in [2.75, 3.05) is 29.5 Å². The molecule has 2 aromatic heterocycles. The number of rotatable bonds is 3. The zero-order chi connectivity index (χ0) is 13.9. The molecule has 0 aromatic carbocycles. The van der Waals surface area contributed by atoms with Crippen LogP contribution in [0.15, 0.2) is 24.8 Å². The Balaban J connectivity index is 1.87. The molecule has 7 nitrogen and oxygen atoms in total. The molecule has 0 saturated carbocycles. The number of aromatic carboxylic acids is 1. The molecule has 1 aliphatic heterocycles.